The monoisotopic (exact) mass is 406 g/mol. The van der Waals surface area contributed by atoms with E-state index in [1.807, 2.05) is 24.3 Å². The standard InChI is InChI=1S/C22H18N2O6/c25-21(23-13-3-5-15-4-1-2-6-18(15)23)14-29-22(26)20-12-11-19(30-20)16-7-9-17(10-8-16)24(27)28/h1-2,4,6-12H,3,5,13-14H2. The van der Waals surface area contributed by atoms with Gasteiger partial charge in [0.05, 0.1) is 4.92 Å². The number of nitro groups is 1. The molecule has 3 aromatic rings. The lowest BCUT2D eigenvalue weighted by atomic mass is 10.0. The summed E-state index contributed by atoms with van der Waals surface area (Å²) in [5.41, 5.74) is 2.49. The Bertz CT molecular complexity index is 1100. The molecule has 152 valence electrons. The zero-order valence-electron chi connectivity index (χ0n) is 15.9. The number of carbonyl (C=O) groups excluding carboxylic acids is 2. The average Bonchev–Trinajstić information content (AvgIpc) is 3.27. The first-order chi connectivity index (χ1) is 14.5. The Hall–Kier alpha value is -3.94. The van der Waals surface area contributed by atoms with E-state index in [0.717, 1.165) is 24.1 Å². The van der Waals surface area contributed by atoms with Crippen molar-refractivity contribution in [2.75, 3.05) is 18.1 Å². The molecule has 1 aliphatic rings. The molecule has 1 aromatic heterocycles. The summed E-state index contributed by atoms with van der Waals surface area (Å²) < 4.78 is 10.6. The van der Waals surface area contributed by atoms with Gasteiger partial charge in [0.15, 0.2) is 6.61 Å². The second kappa shape index (κ2) is 8.20. The maximum Gasteiger partial charge on any atom is 0.374 e. The van der Waals surface area contributed by atoms with Crippen LogP contribution in [0, 0.1) is 10.1 Å². The first kappa shape index (κ1) is 19.4. The lowest BCUT2D eigenvalue weighted by Gasteiger charge is -2.29. The van der Waals surface area contributed by atoms with E-state index in [-0.39, 0.29) is 24.0 Å². The molecule has 2 heterocycles. The molecule has 0 saturated carbocycles. The van der Waals surface area contributed by atoms with Crippen LogP contribution in [-0.4, -0.2) is 30.0 Å². The predicted molar refractivity (Wildman–Crippen MR) is 108 cm³/mol. The van der Waals surface area contributed by atoms with Crippen molar-refractivity contribution in [3.05, 3.63) is 82.1 Å². The highest BCUT2D eigenvalue weighted by Gasteiger charge is 2.24. The smallest absolute Gasteiger partial charge is 0.374 e. The molecule has 0 radical (unpaired) electrons. The van der Waals surface area contributed by atoms with Crippen LogP contribution in [0.2, 0.25) is 0 Å². The summed E-state index contributed by atoms with van der Waals surface area (Å²) in [4.78, 5) is 36.7. The topological polar surface area (TPSA) is 103 Å². The number of aryl methyl sites for hydroxylation is 1. The molecule has 0 N–H and O–H groups in total. The molecule has 0 aliphatic carbocycles. The van der Waals surface area contributed by atoms with E-state index in [2.05, 4.69) is 0 Å². The fourth-order valence-electron chi connectivity index (χ4n) is 3.42. The summed E-state index contributed by atoms with van der Waals surface area (Å²) in [7, 11) is 0. The Morgan fingerprint density at radius 1 is 1.07 bits per heavy atom. The Kier molecular flexibility index (Phi) is 5.30. The van der Waals surface area contributed by atoms with Gasteiger partial charge in [0.25, 0.3) is 11.6 Å². The summed E-state index contributed by atoms with van der Waals surface area (Å²) >= 11 is 0. The fourth-order valence-corrected chi connectivity index (χ4v) is 3.42. The van der Waals surface area contributed by atoms with E-state index in [1.54, 1.807) is 11.0 Å². The zero-order chi connectivity index (χ0) is 21.1. The maximum absolute atomic E-state index is 12.6. The second-order valence-electron chi connectivity index (χ2n) is 6.82. The Morgan fingerprint density at radius 3 is 2.60 bits per heavy atom. The van der Waals surface area contributed by atoms with Crippen LogP contribution in [0.5, 0.6) is 0 Å². The third-order valence-corrected chi connectivity index (χ3v) is 4.91. The third kappa shape index (κ3) is 3.93. The number of benzene rings is 2. The quantitative estimate of drug-likeness (QED) is 0.361. The number of furan rings is 1. The molecular weight excluding hydrogens is 388 g/mol. The van der Waals surface area contributed by atoms with Crippen molar-refractivity contribution < 1.29 is 23.7 Å². The number of hydrogen-bond acceptors (Lipinski definition) is 6. The van der Waals surface area contributed by atoms with Gasteiger partial charge in [0.2, 0.25) is 5.76 Å². The van der Waals surface area contributed by atoms with Crippen molar-refractivity contribution >= 4 is 23.3 Å². The molecule has 0 unspecified atom stereocenters. The fraction of sp³-hybridized carbons (Fsp3) is 0.182. The van der Waals surface area contributed by atoms with Gasteiger partial charge < -0.3 is 14.1 Å². The third-order valence-electron chi connectivity index (χ3n) is 4.91. The predicted octanol–water partition coefficient (Wildman–Crippen LogP) is 3.99. The van der Waals surface area contributed by atoms with Crippen LogP contribution in [0.15, 0.2) is 65.1 Å². The number of non-ortho nitro benzene ring substituents is 1. The number of nitro benzene ring substituents is 1. The van der Waals surface area contributed by atoms with Gasteiger partial charge in [0, 0.05) is 29.9 Å². The maximum atomic E-state index is 12.6. The second-order valence-corrected chi connectivity index (χ2v) is 6.82. The van der Waals surface area contributed by atoms with Gasteiger partial charge in [0.1, 0.15) is 5.76 Å². The van der Waals surface area contributed by atoms with E-state index in [9.17, 15) is 19.7 Å². The van der Waals surface area contributed by atoms with Crippen LogP contribution in [0.4, 0.5) is 11.4 Å². The van der Waals surface area contributed by atoms with Gasteiger partial charge in [-0.05, 0) is 48.7 Å². The molecule has 1 amide bonds. The molecule has 1 aliphatic heterocycles. The van der Waals surface area contributed by atoms with Gasteiger partial charge in [-0.15, -0.1) is 0 Å². The van der Waals surface area contributed by atoms with Crippen LogP contribution in [0.25, 0.3) is 11.3 Å². The number of esters is 1. The molecule has 0 saturated heterocycles. The summed E-state index contributed by atoms with van der Waals surface area (Å²) in [5, 5.41) is 10.7. The van der Waals surface area contributed by atoms with Crippen LogP contribution in [0.1, 0.15) is 22.5 Å². The van der Waals surface area contributed by atoms with Gasteiger partial charge in [-0.25, -0.2) is 4.79 Å². The van der Waals surface area contributed by atoms with Gasteiger partial charge in [-0.1, -0.05) is 18.2 Å². The van der Waals surface area contributed by atoms with Gasteiger partial charge in [-0.2, -0.15) is 0 Å². The molecule has 4 rings (SSSR count). The van der Waals surface area contributed by atoms with Crippen molar-refractivity contribution in [3.63, 3.8) is 0 Å². The Morgan fingerprint density at radius 2 is 1.83 bits per heavy atom. The van der Waals surface area contributed by atoms with Gasteiger partial charge in [-0.3, -0.25) is 14.9 Å². The molecule has 0 fully saturated rings. The SMILES string of the molecule is O=C(OCC(=O)N1CCCc2ccccc21)c1ccc(-c2ccc([N+](=O)[O-])cc2)o1. The van der Waals surface area contributed by atoms with E-state index in [1.165, 1.54) is 30.3 Å². The van der Waals surface area contributed by atoms with Crippen LogP contribution >= 0.6 is 0 Å². The first-order valence-electron chi connectivity index (χ1n) is 9.43. The molecule has 2 aromatic carbocycles. The average molecular weight is 406 g/mol. The Balaban J connectivity index is 1.39. The summed E-state index contributed by atoms with van der Waals surface area (Å²) in [6.07, 6.45) is 1.77. The summed E-state index contributed by atoms with van der Waals surface area (Å²) in [6, 6.07) is 16.5. The van der Waals surface area contributed by atoms with Crippen molar-refractivity contribution in [3.8, 4) is 11.3 Å². The van der Waals surface area contributed by atoms with Crippen molar-refractivity contribution in [1.82, 2.24) is 0 Å². The van der Waals surface area contributed by atoms with Crippen LogP contribution in [-0.2, 0) is 16.0 Å². The van der Waals surface area contributed by atoms with Crippen LogP contribution < -0.4 is 4.90 Å². The van der Waals surface area contributed by atoms with E-state index in [0.29, 0.717) is 17.9 Å². The molecular formula is C22H18N2O6. The normalized spacial score (nSPS) is 12.9. The lowest BCUT2D eigenvalue weighted by molar-refractivity contribution is -0.384. The molecule has 0 atom stereocenters. The minimum Gasteiger partial charge on any atom is -0.450 e. The number of carbonyl (C=O) groups is 2. The first-order valence-corrected chi connectivity index (χ1v) is 9.43. The van der Waals surface area contributed by atoms with E-state index in [4.69, 9.17) is 9.15 Å². The highest BCUT2D eigenvalue weighted by atomic mass is 16.6. The molecule has 30 heavy (non-hydrogen) atoms. The number of anilines is 1. The van der Waals surface area contributed by atoms with Gasteiger partial charge >= 0.3 is 5.97 Å². The summed E-state index contributed by atoms with van der Waals surface area (Å²) in [5.74, 6) is -0.720. The minimum absolute atomic E-state index is 0.0391. The summed E-state index contributed by atoms with van der Waals surface area (Å²) in [6.45, 7) is 0.194. The Labute approximate surface area is 171 Å². The largest absolute Gasteiger partial charge is 0.450 e. The zero-order valence-corrected chi connectivity index (χ0v) is 15.9. The number of fused-ring (bicyclic) bond motifs is 1. The number of ether oxygens (including phenoxy) is 1. The van der Waals surface area contributed by atoms with E-state index >= 15 is 0 Å². The molecule has 0 spiro atoms. The van der Waals surface area contributed by atoms with Crippen LogP contribution in [0.3, 0.4) is 0 Å². The number of nitrogens with zero attached hydrogens (tertiary/aromatic N) is 2. The number of para-hydroxylation sites is 1. The minimum atomic E-state index is -0.748. The number of rotatable bonds is 5. The highest BCUT2D eigenvalue weighted by molar-refractivity contribution is 5.97. The number of amides is 1. The molecule has 0 bridgehead atoms. The molecule has 8 heteroatoms. The lowest BCUT2D eigenvalue weighted by Crippen LogP contribution is -2.38. The highest BCUT2D eigenvalue weighted by Crippen LogP contribution is 2.27. The number of hydrogen-bond donors (Lipinski definition) is 0. The van der Waals surface area contributed by atoms with E-state index < -0.39 is 10.9 Å². The molecule has 8 nitrogen and oxygen atoms in total. The van der Waals surface area contributed by atoms with Crippen molar-refractivity contribution in [1.29, 1.82) is 0 Å². The van der Waals surface area contributed by atoms with Crippen molar-refractivity contribution in [2.24, 2.45) is 0 Å². The van der Waals surface area contributed by atoms with Crippen molar-refractivity contribution in [2.45, 2.75) is 12.8 Å².